The Hall–Kier alpha value is -2.96. The minimum Gasteiger partial charge on any atom is -0.465 e. The summed E-state index contributed by atoms with van der Waals surface area (Å²) in [7, 11) is 3.24. The molecule has 0 unspecified atom stereocenters. The second kappa shape index (κ2) is 6.43. The van der Waals surface area contributed by atoms with Crippen LogP contribution < -0.4 is 0 Å². The molecule has 3 rings (SSSR count). The highest BCUT2D eigenvalue weighted by atomic mass is 16.5. The molecule has 0 aliphatic rings. The Morgan fingerprint density at radius 2 is 2.13 bits per heavy atom. The number of methoxy groups -OCH3 is 1. The van der Waals surface area contributed by atoms with Crippen molar-refractivity contribution >= 4 is 5.97 Å². The number of aryl methyl sites for hydroxylation is 3. The molecule has 0 saturated heterocycles. The van der Waals surface area contributed by atoms with Crippen molar-refractivity contribution in [2.45, 2.75) is 12.8 Å². The Morgan fingerprint density at radius 1 is 1.30 bits per heavy atom. The molecular formula is C16H16N4O3. The number of carbonyl (C=O) groups is 1. The van der Waals surface area contributed by atoms with E-state index in [2.05, 4.69) is 15.1 Å². The molecule has 0 spiro atoms. The fourth-order valence-corrected chi connectivity index (χ4v) is 2.32. The summed E-state index contributed by atoms with van der Waals surface area (Å²) in [5.41, 5.74) is 2.23. The topological polar surface area (TPSA) is 83.0 Å². The van der Waals surface area contributed by atoms with Gasteiger partial charge in [-0.1, -0.05) is 23.4 Å². The van der Waals surface area contributed by atoms with Gasteiger partial charge in [-0.25, -0.2) is 9.78 Å². The standard InChI is InChI=1S/C16H16N4O3/c1-20-10-17-9-13(20)15-18-14(23-19-15)8-7-11-5-3-4-6-12(11)16(21)22-2/h3-6,9-10H,7-8H2,1-2H3. The van der Waals surface area contributed by atoms with Gasteiger partial charge in [-0.15, -0.1) is 0 Å². The van der Waals surface area contributed by atoms with Crippen LogP contribution in [-0.4, -0.2) is 32.8 Å². The van der Waals surface area contributed by atoms with Crippen molar-refractivity contribution < 1.29 is 14.1 Å². The van der Waals surface area contributed by atoms with Gasteiger partial charge in [0.05, 0.1) is 25.2 Å². The maximum Gasteiger partial charge on any atom is 0.338 e. The zero-order valence-electron chi connectivity index (χ0n) is 12.9. The molecule has 23 heavy (non-hydrogen) atoms. The lowest BCUT2D eigenvalue weighted by Crippen LogP contribution is -2.06. The van der Waals surface area contributed by atoms with Crippen LogP contribution in [0.15, 0.2) is 41.3 Å². The number of ether oxygens (including phenoxy) is 1. The molecule has 2 aromatic heterocycles. The highest BCUT2D eigenvalue weighted by Gasteiger charge is 2.14. The van der Waals surface area contributed by atoms with Crippen LogP contribution in [0.2, 0.25) is 0 Å². The van der Waals surface area contributed by atoms with Crippen molar-refractivity contribution in [2.75, 3.05) is 7.11 Å². The smallest absolute Gasteiger partial charge is 0.338 e. The van der Waals surface area contributed by atoms with Crippen LogP contribution in [0.25, 0.3) is 11.5 Å². The van der Waals surface area contributed by atoms with Crippen LogP contribution in [-0.2, 0) is 24.6 Å². The summed E-state index contributed by atoms with van der Waals surface area (Å²) < 4.78 is 11.9. The number of rotatable bonds is 5. The summed E-state index contributed by atoms with van der Waals surface area (Å²) in [6, 6.07) is 7.33. The van der Waals surface area contributed by atoms with Crippen molar-refractivity contribution in [3.63, 3.8) is 0 Å². The Balaban J connectivity index is 1.74. The van der Waals surface area contributed by atoms with Crippen LogP contribution in [0, 0.1) is 0 Å². The summed E-state index contributed by atoms with van der Waals surface area (Å²) in [4.78, 5) is 20.2. The third-order valence-corrected chi connectivity index (χ3v) is 3.54. The maximum absolute atomic E-state index is 11.8. The summed E-state index contributed by atoms with van der Waals surface area (Å²) in [6.45, 7) is 0. The number of hydrogen-bond acceptors (Lipinski definition) is 6. The lowest BCUT2D eigenvalue weighted by molar-refractivity contribution is 0.0599. The van der Waals surface area contributed by atoms with Gasteiger partial charge in [0.2, 0.25) is 11.7 Å². The largest absolute Gasteiger partial charge is 0.465 e. The SMILES string of the molecule is COC(=O)c1ccccc1CCc1nc(-c2cncn2C)no1. The third kappa shape index (κ3) is 3.13. The normalized spacial score (nSPS) is 10.7. The third-order valence-electron chi connectivity index (χ3n) is 3.54. The molecule has 0 aliphatic heterocycles. The van der Waals surface area contributed by atoms with E-state index in [0.29, 0.717) is 30.1 Å². The van der Waals surface area contributed by atoms with Crippen LogP contribution in [0.4, 0.5) is 0 Å². The van der Waals surface area contributed by atoms with Gasteiger partial charge in [0, 0.05) is 13.5 Å². The first-order chi connectivity index (χ1) is 11.2. The average Bonchev–Trinajstić information content (AvgIpc) is 3.21. The van der Waals surface area contributed by atoms with E-state index < -0.39 is 0 Å². The van der Waals surface area contributed by atoms with E-state index in [-0.39, 0.29) is 5.97 Å². The van der Waals surface area contributed by atoms with Crippen molar-refractivity contribution in [3.05, 3.63) is 53.8 Å². The number of hydrogen-bond donors (Lipinski definition) is 0. The van der Waals surface area contributed by atoms with Crippen LogP contribution in [0.5, 0.6) is 0 Å². The minimum atomic E-state index is -0.346. The van der Waals surface area contributed by atoms with E-state index in [1.165, 1.54) is 7.11 Å². The summed E-state index contributed by atoms with van der Waals surface area (Å²) >= 11 is 0. The molecule has 0 amide bonds. The quantitative estimate of drug-likeness (QED) is 0.670. The van der Waals surface area contributed by atoms with E-state index in [1.54, 1.807) is 18.6 Å². The highest BCUT2D eigenvalue weighted by molar-refractivity contribution is 5.90. The Morgan fingerprint density at radius 3 is 2.87 bits per heavy atom. The van der Waals surface area contributed by atoms with Crippen LogP contribution >= 0.6 is 0 Å². The van der Waals surface area contributed by atoms with Crippen molar-refractivity contribution in [1.82, 2.24) is 19.7 Å². The fraction of sp³-hybridized carbons (Fsp3) is 0.250. The maximum atomic E-state index is 11.8. The number of imidazole rings is 1. The van der Waals surface area contributed by atoms with E-state index in [4.69, 9.17) is 9.26 Å². The van der Waals surface area contributed by atoms with Gasteiger partial charge < -0.3 is 13.8 Å². The zero-order valence-corrected chi connectivity index (χ0v) is 12.9. The summed E-state index contributed by atoms with van der Waals surface area (Å²) in [5.74, 6) is 0.670. The second-order valence-electron chi connectivity index (χ2n) is 5.05. The molecule has 118 valence electrons. The molecule has 0 saturated carbocycles. The van der Waals surface area contributed by atoms with Crippen LogP contribution in [0.1, 0.15) is 21.8 Å². The van der Waals surface area contributed by atoms with Crippen LogP contribution in [0.3, 0.4) is 0 Å². The highest BCUT2D eigenvalue weighted by Crippen LogP contribution is 2.16. The zero-order chi connectivity index (χ0) is 16.2. The number of aromatic nitrogens is 4. The molecule has 0 radical (unpaired) electrons. The van der Waals surface area contributed by atoms with Crippen molar-refractivity contribution in [3.8, 4) is 11.5 Å². The van der Waals surface area contributed by atoms with E-state index in [0.717, 1.165) is 11.3 Å². The van der Waals surface area contributed by atoms with Gasteiger partial charge in [0.15, 0.2) is 0 Å². The molecule has 0 bridgehead atoms. The summed E-state index contributed by atoms with van der Waals surface area (Å²) in [6.07, 6.45) is 4.51. The Bertz CT molecular complexity index is 822. The first kappa shape index (κ1) is 15.0. The molecule has 1 aromatic carbocycles. The molecule has 3 aromatic rings. The average molecular weight is 312 g/mol. The molecule has 0 fully saturated rings. The van der Waals surface area contributed by atoms with E-state index in [1.807, 2.05) is 29.8 Å². The molecule has 7 heteroatoms. The molecule has 0 atom stereocenters. The molecule has 0 aliphatic carbocycles. The van der Waals surface area contributed by atoms with Gasteiger partial charge in [-0.2, -0.15) is 4.98 Å². The van der Waals surface area contributed by atoms with E-state index >= 15 is 0 Å². The Kier molecular flexibility index (Phi) is 4.18. The van der Waals surface area contributed by atoms with Gasteiger partial charge in [-0.05, 0) is 18.1 Å². The Labute approximate surface area is 132 Å². The lowest BCUT2D eigenvalue weighted by Gasteiger charge is -2.05. The van der Waals surface area contributed by atoms with Gasteiger partial charge >= 0.3 is 5.97 Å². The first-order valence-electron chi connectivity index (χ1n) is 7.14. The molecule has 2 heterocycles. The number of esters is 1. The predicted octanol–water partition coefficient (Wildman–Crippen LogP) is 2.04. The van der Waals surface area contributed by atoms with Crippen molar-refractivity contribution in [1.29, 1.82) is 0 Å². The minimum absolute atomic E-state index is 0.346. The van der Waals surface area contributed by atoms with Gasteiger partial charge in [0.1, 0.15) is 5.69 Å². The number of nitrogens with zero attached hydrogens (tertiary/aromatic N) is 4. The predicted molar refractivity (Wildman–Crippen MR) is 81.7 cm³/mol. The molecule has 7 nitrogen and oxygen atoms in total. The fourth-order valence-electron chi connectivity index (χ4n) is 2.32. The summed E-state index contributed by atoms with van der Waals surface area (Å²) in [5, 5.41) is 3.97. The monoisotopic (exact) mass is 312 g/mol. The molecular weight excluding hydrogens is 296 g/mol. The second-order valence-corrected chi connectivity index (χ2v) is 5.05. The van der Waals surface area contributed by atoms with Gasteiger partial charge in [-0.3, -0.25) is 0 Å². The van der Waals surface area contributed by atoms with Crippen molar-refractivity contribution in [2.24, 2.45) is 7.05 Å². The van der Waals surface area contributed by atoms with E-state index in [9.17, 15) is 4.79 Å². The first-order valence-corrected chi connectivity index (χ1v) is 7.14. The van der Waals surface area contributed by atoms with Gasteiger partial charge in [0.25, 0.3) is 0 Å². The lowest BCUT2D eigenvalue weighted by atomic mass is 10.0. The number of carbonyl (C=O) groups excluding carboxylic acids is 1. The number of benzene rings is 1. The molecule has 0 N–H and O–H groups in total.